The predicted octanol–water partition coefficient (Wildman–Crippen LogP) is 2.23. The maximum absolute atomic E-state index is 12.7. The Balaban J connectivity index is 2.03. The number of rotatable bonds is 8. The van der Waals surface area contributed by atoms with Crippen LogP contribution in [0.1, 0.15) is 26.2 Å². The Hall–Kier alpha value is -1.23. The molecule has 1 N–H and O–H groups in total. The lowest BCUT2D eigenvalue weighted by atomic mass is 10.3. The molecule has 1 rings (SSSR count). The third-order valence-electron chi connectivity index (χ3n) is 2.05. The minimum atomic E-state index is -0.517. The van der Waals surface area contributed by atoms with E-state index in [0.717, 1.165) is 39.0 Å². The van der Waals surface area contributed by atoms with Gasteiger partial charge in [0, 0.05) is 25.8 Å². The Kier molecular flexibility index (Phi) is 6.41. The minimum absolute atomic E-state index is 0.515. The molecule has 0 atom stereocenters. The molecule has 0 saturated carbocycles. The van der Waals surface area contributed by atoms with Crippen molar-refractivity contribution < 1.29 is 9.13 Å². The van der Waals surface area contributed by atoms with E-state index in [-0.39, 0.29) is 0 Å². The van der Waals surface area contributed by atoms with Crippen LogP contribution in [-0.4, -0.2) is 29.7 Å². The first kappa shape index (κ1) is 12.8. The molecule has 0 saturated heterocycles. The summed E-state index contributed by atoms with van der Waals surface area (Å²) in [7, 11) is 0. The highest BCUT2D eigenvalue weighted by Crippen LogP contribution is 2.01. The summed E-state index contributed by atoms with van der Waals surface area (Å²) in [6.45, 7) is 4.40. The first-order valence-electron chi connectivity index (χ1n) is 5.62. The molecule has 1 heterocycles. The van der Waals surface area contributed by atoms with E-state index in [1.165, 1.54) is 12.4 Å². The summed E-state index contributed by atoms with van der Waals surface area (Å²) in [5, 5.41) is 3.01. The maximum Gasteiger partial charge on any atom is 0.217 e. The molecule has 5 heteroatoms. The molecule has 4 nitrogen and oxygen atoms in total. The van der Waals surface area contributed by atoms with Gasteiger partial charge in [-0.15, -0.1) is 0 Å². The summed E-state index contributed by atoms with van der Waals surface area (Å²) < 4.78 is 18.1. The van der Waals surface area contributed by atoms with Gasteiger partial charge in [0.1, 0.15) is 12.1 Å². The molecular formula is C11H18FN3O. The largest absolute Gasteiger partial charge is 0.381 e. The molecular weight excluding hydrogens is 209 g/mol. The van der Waals surface area contributed by atoms with Crippen molar-refractivity contribution in [3.05, 3.63) is 18.3 Å². The van der Waals surface area contributed by atoms with Gasteiger partial charge in [0.2, 0.25) is 5.95 Å². The SMILES string of the molecule is CCCCOCCCNc1cc(F)ncn1. The zero-order valence-corrected chi connectivity index (χ0v) is 9.58. The average Bonchev–Trinajstić information content (AvgIpc) is 2.28. The van der Waals surface area contributed by atoms with E-state index in [1.807, 2.05) is 0 Å². The van der Waals surface area contributed by atoms with E-state index in [2.05, 4.69) is 22.2 Å². The summed E-state index contributed by atoms with van der Waals surface area (Å²) in [5.41, 5.74) is 0. The lowest BCUT2D eigenvalue weighted by Gasteiger charge is -2.05. The molecule has 90 valence electrons. The van der Waals surface area contributed by atoms with Crippen LogP contribution < -0.4 is 5.32 Å². The number of aromatic nitrogens is 2. The predicted molar refractivity (Wildman–Crippen MR) is 60.8 cm³/mol. The van der Waals surface area contributed by atoms with Gasteiger partial charge in [-0.3, -0.25) is 0 Å². The molecule has 0 amide bonds. The van der Waals surface area contributed by atoms with Crippen molar-refractivity contribution >= 4 is 5.82 Å². The smallest absolute Gasteiger partial charge is 0.217 e. The van der Waals surface area contributed by atoms with Gasteiger partial charge in [0.15, 0.2) is 0 Å². The number of hydrogen-bond donors (Lipinski definition) is 1. The van der Waals surface area contributed by atoms with Crippen molar-refractivity contribution in [2.45, 2.75) is 26.2 Å². The highest BCUT2D eigenvalue weighted by molar-refractivity contribution is 5.31. The average molecular weight is 227 g/mol. The second kappa shape index (κ2) is 7.98. The Morgan fingerprint density at radius 1 is 1.31 bits per heavy atom. The van der Waals surface area contributed by atoms with E-state index in [1.54, 1.807) is 0 Å². The van der Waals surface area contributed by atoms with Gasteiger partial charge >= 0.3 is 0 Å². The normalized spacial score (nSPS) is 10.4. The van der Waals surface area contributed by atoms with Crippen molar-refractivity contribution in [1.82, 2.24) is 9.97 Å². The number of nitrogens with one attached hydrogen (secondary N) is 1. The van der Waals surface area contributed by atoms with Crippen LogP contribution in [0.2, 0.25) is 0 Å². The van der Waals surface area contributed by atoms with Crippen LogP contribution in [0.5, 0.6) is 0 Å². The van der Waals surface area contributed by atoms with Gasteiger partial charge in [-0.25, -0.2) is 9.97 Å². The minimum Gasteiger partial charge on any atom is -0.381 e. The van der Waals surface area contributed by atoms with Crippen LogP contribution in [0.15, 0.2) is 12.4 Å². The van der Waals surface area contributed by atoms with Crippen molar-refractivity contribution in [2.75, 3.05) is 25.1 Å². The van der Waals surface area contributed by atoms with Gasteiger partial charge in [0.25, 0.3) is 0 Å². The summed E-state index contributed by atoms with van der Waals surface area (Å²) in [5.74, 6) is -0.00208. The number of ether oxygens (including phenoxy) is 1. The standard InChI is InChI=1S/C11H18FN3O/c1-2-3-6-16-7-4-5-13-11-8-10(12)14-9-15-11/h8-9H,2-7H2,1H3,(H,13,14,15). The molecule has 16 heavy (non-hydrogen) atoms. The number of anilines is 1. The van der Waals surface area contributed by atoms with Gasteiger partial charge in [-0.05, 0) is 12.8 Å². The van der Waals surface area contributed by atoms with Gasteiger partial charge in [-0.1, -0.05) is 13.3 Å². The fraction of sp³-hybridized carbons (Fsp3) is 0.636. The molecule has 0 fully saturated rings. The molecule has 0 aliphatic heterocycles. The van der Waals surface area contributed by atoms with Gasteiger partial charge < -0.3 is 10.1 Å². The first-order valence-corrected chi connectivity index (χ1v) is 5.62. The highest BCUT2D eigenvalue weighted by Gasteiger charge is 1.96. The van der Waals surface area contributed by atoms with Crippen LogP contribution in [0.4, 0.5) is 10.2 Å². The molecule has 1 aromatic heterocycles. The quantitative estimate of drug-likeness (QED) is 0.546. The third kappa shape index (κ3) is 5.60. The summed E-state index contributed by atoms with van der Waals surface area (Å²) in [6, 6.07) is 1.28. The van der Waals surface area contributed by atoms with Crippen LogP contribution >= 0.6 is 0 Å². The molecule has 0 radical (unpaired) electrons. The Labute approximate surface area is 95.3 Å². The van der Waals surface area contributed by atoms with E-state index < -0.39 is 5.95 Å². The lowest BCUT2D eigenvalue weighted by molar-refractivity contribution is 0.131. The van der Waals surface area contributed by atoms with Crippen molar-refractivity contribution in [3.63, 3.8) is 0 Å². The zero-order valence-electron chi connectivity index (χ0n) is 9.58. The van der Waals surface area contributed by atoms with E-state index in [0.29, 0.717) is 5.82 Å². The highest BCUT2D eigenvalue weighted by atomic mass is 19.1. The Morgan fingerprint density at radius 2 is 2.12 bits per heavy atom. The fourth-order valence-corrected chi connectivity index (χ4v) is 1.17. The summed E-state index contributed by atoms with van der Waals surface area (Å²) >= 11 is 0. The Bertz CT molecular complexity index is 296. The van der Waals surface area contributed by atoms with Crippen LogP contribution in [0.25, 0.3) is 0 Å². The van der Waals surface area contributed by atoms with Gasteiger partial charge in [-0.2, -0.15) is 4.39 Å². The van der Waals surface area contributed by atoms with Crippen LogP contribution in [0.3, 0.4) is 0 Å². The second-order valence-corrected chi connectivity index (χ2v) is 3.47. The zero-order chi connectivity index (χ0) is 11.6. The molecule has 0 unspecified atom stereocenters. The number of unbranched alkanes of at least 4 members (excludes halogenated alkanes) is 1. The lowest BCUT2D eigenvalue weighted by Crippen LogP contribution is -2.07. The molecule has 0 aromatic carbocycles. The molecule has 0 aliphatic carbocycles. The van der Waals surface area contributed by atoms with E-state index in [9.17, 15) is 4.39 Å². The summed E-state index contributed by atoms with van der Waals surface area (Å²) in [6.07, 6.45) is 4.34. The second-order valence-electron chi connectivity index (χ2n) is 3.47. The monoisotopic (exact) mass is 227 g/mol. The molecule has 0 bridgehead atoms. The fourth-order valence-electron chi connectivity index (χ4n) is 1.17. The van der Waals surface area contributed by atoms with E-state index in [4.69, 9.17) is 4.74 Å². The van der Waals surface area contributed by atoms with Crippen molar-refractivity contribution in [3.8, 4) is 0 Å². The first-order chi connectivity index (χ1) is 7.83. The van der Waals surface area contributed by atoms with E-state index >= 15 is 0 Å². The topological polar surface area (TPSA) is 47.0 Å². The number of halogens is 1. The maximum atomic E-state index is 12.7. The third-order valence-corrected chi connectivity index (χ3v) is 2.05. The van der Waals surface area contributed by atoms with Gasteiger partial charge in [0.05, 0.1) is 0 Å². The number of hydrogen-bond acceptors (Lipinski definition) is 4. The summed E-state index contributed by atoms with van der Waals surface area (Å²) in [4.78, 5) is 7.26. The van der Waals surface area contributed by atoms with Crippen molar-refractivity contribution in [1.29, 1.82) is 0 Å². The van der Waals surface area contributed by atoms with Crippen LogP contribution in [0, 0.1) is 5.95 Å². The van der Waals surface area contributed by atoms with Crippen LogP contribution in [-0.2, 0) is 4.74 Å². The molecule has 0 spiro atoms. The number of nitrogens with zero attached hydrogens (tertiary/aromatic N) is 2. The van der Waals surface area contributed by atoms with Crippen molar-refractivity contribution in [2.24, 2.45) is 0 Å². The molecule has 0 aliphatic rings. The molecule has 1 aromatic rings. The Morgan fingerprint density at radius 3 is 2.88 bits per heavy atom.